The molecule has 0 saturated heterocycles. The van der Waals surface area contributed by atoms with E-state index in [0.717, 1.165) is 18.6 Å². The molecule has 0 spiro atoms. The highest BCUT2D eigenvalue weighted by atomic mass is 35.5. The lowest BCUT2D eigenvalue weighted by molar-refractivity contribution is 0.572. The standard InChI is InChI=1S/C15H12ClF3/c1-2-3-10-6-11(14(18)8-13(10)17)9-4-5-12(16)15(19)7-9/h4-8H,2-3H2,1H3. The summed E-state index contributed by atoms with van der Waals surface area (Å²) >= 11 is 5.59. The van der Waals surface area contributed by atoms with E-state index in [1.165, 1.54) is 18.2 Å². The molecule has 0 N–H and O–H groups in total. The van der Waals surface area contributed by atoms with E-state index in [-0.39, 0.29) is 10.6 Å². The van der Waals surface area contributed by atoms with E-state index >= 15 is 0 Å². The van der Waals surface area contributed by atoms with Gasteiger partial charge >= 0.3 is 0 Å². The topological polar surface area (TPSA) is 0 Å². The Balaban J connectivity index is 2.54. The Morgan fingerprint density at radius 2 is 1.68 bits per heavy atom. The van der Waals surface area contributed by atoms with Gasteiger partial charge in [-0.3, -0.25) is 0 Å². The van der Waals surface area contributed by atoms with Crippen LogP contribution in [0.25, 0.3) is 11.1 Å². The molecular formula is C15H12ClF3. The predicted octanol–water partition coefficient (Wildman–Crippen LogP) is 5.38. The zero-order valence-electron chi connectivity index (χ0n) is 10.3. The van der Waals surface area contributed by atoms with Crippen LogP contribution in [0.1, 0.15) is 18.9 Å². The van der Waals surface area contributed by atoms with Crippen LogP contribution in [-0.2, 0) is 6.42 Å². The molecule has 100 valence electrons. The Morgan fingerprint density at radius 3 is 2.32 bits per heavy atom. The second-order valence-corrected chi connectivity index (χ2v) is 4.71. The van der Waals surface area contributed by atoms with Crippen molar-refractivity contribution in [3.63, 3.8) is 0 Å². The third-order valence-corrected chi connectivity index (χ3v) is 3.19. The van der Waals surface area contributed by atoms with E-state index in [4.69, 9.17) is 11.6 Å². The summed E-state index contributed by atoms with van der Waals surface area (Å²) in [7, 11) is 0. The van der Waals surface area contributed by atoms with Crippen molar-refractivity contribution in [1.82, 2.24) is 0 Å². The number of rotatable bonds is 3. The molecule has 0 aromatic heterocycles. The Kier molecular flexibility index (Phi) is 4.15. The van der Waals surface area contributed by atoms with Gasteiger partial charge in [-0.25, -0.2) is 13.2 Å². The molecule has 2 rings (SSSR count). The van der Waals surface area contributed by atoms with Crippen molar-refractivity contribution >= 4 is 11.6 Å². The van der Waals surface area contributed by atoms with Crippen LogP contribution in [0.5, 0.6) is 0 Å². The lowest BCUT2D eigenvalue weighted by atomic mass is 10.00. The summed E-state index contributed by atoms with van der Waals surface area (Å²) in [4.78, 5) is 0. The third kappa shape index (κ3) is 2.92. The molecule has 19 heavy (non-hydrogen) atoms. The molecular weight excluding hydrogens is 273 g/mol. The van der Waals surface area contributed by atoms with Gasteiger partial charge < -0.3 is 0 Å². The smallest absolute Gasteiger partial charge is 0.142 e. The number of aryl methyl sites for hydroxylation is 1. The summed E-state index contributed by atoms with van der Waals surface area (Å²) in [5.74, 6) is -1.91. The molecule has 0 nitrogen and oxygen atoms in total. The number of halogens is 4. The van der Waals surface area contributed by atoms with Crippen molar-refractivity contribution in [2.24, 2.45) is 0 Å². The zero-order valence-corrected chi connectivity index (χ0v) is 11.1. The van der Waals surface area contributed by atoms with Crippen molar-refractivity contribution < 1.29 is 13.2 Å². The van der Waals surface area contributed by atoms with Gasteiger partial charge in [0.1, 0.15) is 17.5 Å². The van der Waals surface area contributed by atoms with Crippen LogP contribution in [0.3, 0.4) is 0 Å². The number of hydrogen-bond donors (Lipinski definition) is 0. The van der Waals surface area contributed by atoms with Crippen LogP contribution >= 0.6 is 11.6 Å². The SMILES string of the molecule is CCCc1cc(-c2ccc(Cl)c(F)c2)c(F)cc1F. The third-order valence-electron chi connectivity index (χ3n) is 2.89. The first kappa shape index (κ1) is 13.9. The minimum absolute atomic E-state index is 0.0277. The lowest BCUT2D eigenvalue weighted by Gasteiger charge is -2.08. The molecule has 0 aliphatic heterocycles. The molecule has 0 aliphatic carbocycles. The molecule has 0 heterocycles. The minimum Gasteiger partial charge on any atom is -0.207 e. The molecule has 0 aliphatic rings. The summed E-state index contributed by atoms with van der Waals surface area (Å²) in [5, 5.41) is -0.0277. The van der Waals surface area contributed by atoms with Gasteiger partial charge in [-0.05, 0) is 35.7 Å². The highest BCUT2D eigenvalue weighted by molar-refractivity contribution is 6.30. The summed E-state index contributed by atoms with van der Waals surface area (Å²) in [5.41, 5.74) is 0.950. The number of benzene rings is 2. The molecule has 0 atom stereocenters. The largest absolute Gasteiger partial charge is 0.207 e. The van der Waals surface area contributed by atoms with Crippen molar-refractivity contribution in [2.75, 3.05) is 0 Å². The fourth-order valence-corrected chi connectivity index (χ4v) is 2.06. The fraction of sp³-hybridized carbons (Fsp3) is 0.200. The van der Waals surface area contributed by atoms with Crippen LogP contribution in [-0.4, -0.2) is 0 Å². The van der Waals surface area contributed by atoms with Gasteiger partial charge in [-0.15, -0.1) is 0 Å². The first-order valence-corrected chi connectivity index (χ1v) is 6.34. The van der Waals surface area contributed by atoms with Crippen molar-refractivity contribution in [3.8, 4) is 11.1 Å². The predicted molar refractivity (Wildman–Crippen MR) is 70.8 cm³/mol. The van der Waals surface area contributed by atoms with E-state index in [1.54, 1.807) is 0 Å². The maximum atomic E-state index is 13.8. The van der Waals surface area contributed by atoms with Gasteiger partial charge in [-0.2, -0.15) is 0 Å². The number of hydrogen-bond acceptors (Lipinski definition) is 0. The van der Waals surface area contributed by atoms with Gasteiger partial charge in [0, 0.05) is 11.6 Å². The molecule has 0 bridgehead atoms. The molecule has 0 saturated carbocycles. The first-order valence-electron chi connectivity index (χ1n) is 5.96. The van der Waals surface area contributed by atoms with Crippen LogP contribution in [0.4, 0.5) is 13.2 Å². The summed E-state index contributed by atoms with van der Waals surface area (Å²) in [6.07, 6.45) is 1.26. The van der Waals surface area contributed by atoms with E-state index in [1.807, 2.05) is 6.92 Å². The molecule has 4 heteroatoms. The van der Waals surface area contributed by atoms with E-state index in [9.17, 15) is 13.2 Å². The average molecular weight is 285 g/mol. The maximum Gasteiger partial charge on any atom is 0.142 e. The van der Waals surface area contributed by atoms with Gasteiger partial charge in [0.25, 0.3) is 0 Å². The highest BCUT2D eigenvalue weighted by Gasteiger charge is 2.12. The summed E-state index contributed by atoms with van der Waals surface area (Å²) in [6.45, 7) is 1.91. The van der Waals surface area contributed by atoms with Gasteiger partial charge in [0.2, 0.25) is 0 Å². The normalized spacial score (nSPS) is 10.8. The van der Waals surface area contributed by atoms with Crippen LogP contribution in [0.15, 0.2) is 30.3 Å². The Hall–Kier alpha value is -1.48. The van der Waals surface area contributed by atoms with Crippen LogP contribution < -0.4 is 0 Å². The Labute approximate surface area is 114 Å². The molecule has 0 radical (unpaired) electrons. The molecule has 2 aromatic rings. The Morgan fingerprint density at radius 1 is 0.947 bits per heavy atom. The van der Waals surface area contributed by atoms with Crippen molar-refractivity contribution in [2.45, 2.75) is 19.8 Å². The minimum atomic E-state index is -0.709. The molecule has 2 aromatic carbocycles. The Bertz CT molecular complexity index is 609. The van der Waals surface area contributed by atoms with E-state index in [2.05, 4.69) is 0 Å². The second kappa shape index (κ2) is 5.66. The molecule has 0 fully saturated rings. The first-order chi connectivity index (χ1) is 9.02. The highest BCUT2D eigenvalue weighted by Crippen LogP contribution is 2.28. The molecule has 0 unspecified atom stereocenters. The van der Waals surface area contributed by atoms with E-state index < -0.39 is 17.5 Å². The maximum absolute atomic E-state index is 13.8. The van der Waals surface area contributed by atoms with Crippen LogP contribution in [0, 0.1) is 17.5 Å². The summed E-state index contributed by atoms with van der Waals surface area (Å²) in [6, 6.07) is 6.28. The van der Waals surface area contributed by atoms with Crippen LogP contribution in [0.2, 0.25) is 5.02 Å². The second-order valence-electron chi connectivity index (χ2n) is 4.30. The monoisotopic (exact) mass is 284 g/mol. The van der Waals surface area contributed by atoms with E-state index in [0.29, 0.717) is 17.5 Å². The zero-order chi connectivity index (χ0) is 14.0. The quantitative estimate of drug-likeness (QED) is 0.710. The fourth-order valence-electron chi connectivity index (χ4n) is 1.94. The molecule has 0 amide bonds. The lowest BCUT2D eigenvalue weighted by Crippen LogP contribution is -1.95. The van der Waals surface area contributed by atoms with Crippen molar-refractivity contribution in [3.05, 3.63) is 58.4 Å². The average Bonchev–Trinajstić information content (AvgIpc) is 2.36. The van der Waals surface area contributed by atoms with Crippen molar-refractivity contribution in [1.29, 1.82) is 0 Å². The van der Waals surface area contributed by atoms with Gasteiger partial charge in [-0.1, -0.05) is 31.0 Å². The van der Waals surface area contributed by atoms with Gasteiger partial charge in [0.05, 0.1) is 5.02 Å². The summed E-state index contributed by atoms with van der Waals surface area (Å²) < 4.78 is 40.7. The van der Waals surface area contributed by atoms with Gasteiger partial charge in [0.15, 0.2) is 0 Å².